The molecule has 4 nitrogen and oxygen atoms in total. The maximum absolute atomic E-state index is 5.59. The minimum Gasteiger partial charge on any atom is -0.497 e. The highest BCUT2D eigenvalue weighted by Crippen LogP contribution is 2.24. The van der Waals surface area contributed by atoms with Crippen LogP contribution < -0.4 is 16.0 Å². The van der Waals surface area contributed by atoms with Gasteiger partial charge in [-0.15, -0.1) is 0 Å². The van der Waals surface area contributed by atoms with Crippen LogP contribution in [0.5, 0.6) is 5.75 Å². The average Bonchev–Trinajstić information content (AvgIpc) is 2.40. The molecule has 0 aliphatic carbocycles. The number of rotatable bonds is 8. The first-order valence-electron chi connectivity index (χ1n) is 5.98. The number of ether oxygens (including phenoxy) is 2. The molecule has 0 spiro atoms. The molecule has 102 valence electrons. The Hall–Kier alpha value is -0.620. The molecule has 1 rings (SSSR count). The molecule has 0 aliphatic rings. The van der Waals surface area contributed by atoms with E-state index in [4.69, 9.17) is 15.3 Å². The highest BCUT2D eigenvalue weighted by atomic mass is 79.9. The van der Waals surface area contributed by atoms with Crippen molar-refractivity contribution < 1.29 is 9.47 Å². The molecule has 1 atom stereocenters. The second-order valence-electron chi connectivity index (χ2n) is 4.16. The number of nitrogens with one attached hydrogen (secondary N) is 1. The van der Waals surface area contributed by atoms with E-state index in [1.807, 2.05) is 18.2 Å². The molecule has 0 aliphatic heterocycles. The van der Waals surface area contributed by atoms with Crippen molar-refractivity contribution in [2.75, 3.05) is 20.8 Å². The van der Waals surface area contributed by atoms with Gasteiger partial charge in [0.1, 0.15) is 5.75 Å². The third-order valence-corrected chi connectivity index (χ3v) is 3.63. The lowest BCUT2D eigenvalue weighted by Crippen LogP contribution is -2.37. The van der Waals surface area contributed by atoms with E-state index < -0.39 is 0 Å². The largest absolute Gasteiger partial charge is 0.497 e. The fourth-order valence-corrected chi connectivity index (χ4v) is 2.23. The van der Waals surface area contributed by atoms with Gasteiger partial charge in [-0.2, -0.15) is 0 Å². The second-order valence-corrected chi connectivity index (χ2v) is 5.01. The van der Waals surface area contributed by atoms with Crippen LogP contribution in [-0.2, 0) is 11.2 Å². The summed E-state index contributed by atoms with van der Waals surface area (Å²) in [6.45, 7) is 0.761. The Kier molecular flexibility index (Phi) is 7.27. The van der Waals surface area contributed by atoms with E-state index in [0.29, 0.717) is 0 Å². The first-order valence-corrected chi connectivity index (χ1v) is 6.78. The summed E-state index contributed by atoms with van der Waals surface area (Å²) in [4.78, 5) is 0. The fourth-order valence-electron chi connectivity index (χ4n) is 1.82. The zero-order chi connectivity index (χ0) is 13.4. The minimum atomic E-state index is 0.239. The number of benzene rings is 1. The second kappa shape index (κ2) is 8.48. The molecule has 1 unspecified atom stereocenters. The molecule has 0 aromatic heterocycles. The number of nitrogens with two attached hydrogens (primary N) is 1. The highest BCUT2D eigenvalue weighted by molar-refractivity contribution is 9.10. The minimum absolute atomic E-state index is 0.239. The summed E-state index contributed by atoms with van der Waals surface area (Å²) in [5.74, 6) is 6.45. The number of halogens is 1. The Bertz CT molecular complexity index is 361. The Balaban J connectivity index is 2.62. The van der Waals surface area contributed by atoms with Crippen LogP contribution in [0, 0.1) is 0 Å². The van der Waals surface area contributed by atoms with Gasteiger partial charge in [0.2, 0.25) is 0 Å². The molecule has 1 aromatic carbocycles. The molecular weight excluding hydrogens is 296 g/mol. The summed E-state index contributed by atoms with van der Waals surface area (Å²) in [6, 6.07) is 6.20. The fraction of sp³-hybridized carbons (Fsp3) is 0.538. The van der Waals surface area contributed by atoms with Gasteiger partial charge in [0.25, 0.3) is 0 Å². The van der Waals surface area contributed by atoms with Gasteiger partial charge in [-0.05, 0) is 43.0 Å². The van der Waals surface area contributed by atoms with E-state index in [-0.39, 0.29) is 6.04 Å². The van der Waals surface area contributed by atoms with E-state index in [0.717, 1.165) is 36.1 Å². The van der Waals surface area contributed by atoms with Crippen molar-refractivity contribution in [3.8, 4) is 5.75 Å². The lowest BCUT2D eigenvalue weighted by Gasteiger charge is -2.17. The zero-order valence-corrected chi connectivity index (χ0v) is 12.5. The smallest absolute Gasteiger partial charge is 0.119 e. The van der Waals surface area contributed by atoms with Gasteiger partial charge in [0, 0.05) is 24.2 Å². The Morgan fingerprint density at radius 1 is 1.39 bits per heavy atom. The third-order valence-electron chi connectivity index (χ3n) is 2.86. The van der Waals surface area contributed by atoms with Crippen molar-refractivity contribution in [3.05, 3.63) is 28.2 Å². The molecule has 0 heterocycles. The standard InChI is InChI=1S/C13H21BrN2O2/c1-17-7-3-4-11(16-15)8-10-9-12(18-2)5-6-13(10)14/h5-6,9,11,16H,3-4,7-8,15H2,1-2H3. The van der Waals surface area contributed by atoms with Gasteiger partial charge < -0.3 is 9.47 Å². The van der Waals surface area contributed by atoms with Crippen LogP contribution >= 0.6 is 15.9 Å². The number of hydrogen-bond acceptors (Lipinski definition) is 4. The maximum Gasteiger partial charge on any atom is 0.119 e. The molecule has 0 radical (unpaired) electrons. The van der Waals surface area contributed by atoms with Gasteiger partial charge in [0.05, 0.1) is 7.11 Å². The molecule has 5 heteroatoms. The predicted molar refractivity (Wildman–Crippen MR) is 76.6 cm³/mol. The maximum atomic E-state index is 5.59. The van der Waals surface area contributed by atoms with Crippen LogP contribution in [0.15, 0.2) is 22.7 Å². The first kappa shape index (κ1) is 15.4. The zero-order valence-electron chi connectivity index (χ0n) is 10.9. The lowest BCUT2D eigenvalue weighted by atomic mass is 10.0. The Morgan fingerprint density at radius 3 is 2.78 bits per heavy atom. The van der Waals surface area contributed by atoms with Crippen molar-refractivity contribution in [3.63, 3.8) is 0 Å². The summed E-state index contributed by atoms with van der Waals surface area (Å²) in [5.41, 5.74) is 4.05. The van der Waals surface area contributed by atoms with Crippen molar-refractivity contribution in [1.29, 1.82) is 0 Å². The number of hydrazine groups is 1. The highest BCUT2D eigenvalue weighted by Gasteiger charge is 2.10. The van der Waals surface area contributed by atoms with E-state index >= 15 is 0 Å². The molecule has 1 aromatic rings. The quantitative estimate of drug-likeness (QED) is 0.439. The molecule has 0 saturated heterocycles. The molecule has 0 amide bonds. The van der Waals surface area contributed by atoms with E-state index in [2.05, 4.69) is 21.4 Å². The third kappa shape index (κ3) is 4.94. The summed E-state index contributed by atoms with van der Waals surface area (Å²) >= 11 is 3.55. The van der Waals surface area contributed by atoms with Crippen LogP contribution in [0.2, 0.25) is 0 Å². The molecule has 18 heavy (non-hydrogen) atoms. The first-order chi connectivity index (χ1) is 8.71. The van der Waals surface area contributed by atoms with Crippen LogP contribution in [0.3, 0.4) is 0 Å². The van der Waals surface area contributed by atoms with Crippen LogP contribution in [0.1, 0.15) is 18.4 Å². The summed E-state index contributed by atoms with van der Waals surface area (Å²) in [5, 5.41) is 0. The van der Waals surface area contributed by atoms with Crippen molar-refractivity contribution in [2.24, 2.45) is 5.84 Å². The number of hydrogen-bond donors (Lipinski definition) is 2. The van der Waals surface area contributed by atoms with E-state index in [9.17, 15) is 0 Å². The van der Waals surface area contributed by atoms with Crippen LogP contribution in [-0.4, -0.2) is 26.9 Å². The SMILES string of the molecule is COCCCC(Cc1cc(OC)ccc1Br)NN. The van der Waals surface area contributed by atoms with Gasteiger partial charge in [-0.1, -0.05) is 15.9 Å². The molecular formula is C13H21BrN2O2. The Morgan fingerprint density at radius 2 is 2.17 bits per heavy atom. The molecule has 0 fully saturated rings. The monoisotopic (exact) mass is 316 g/mol. The van der Waals surface area contributed by atoms with E-state index in [1.165, 1.54) is 5.56 Å². The summed E-state index contributed by atoms with van der Waals surface area (Å²) in [6.07, 6.45) is 2.83. The summed E-state index contributed by atoms with van der Waals surface area (Å²) in [7, 11) is 3.38. The van der Waals surface area contributed by atoms with E-state index in [1.54, 1.807) is 14.2 Å². The molecule has 3 N–H and O–H groups in total. The predicted octanol–water partition coefficient (Wildman–Crippen LogP) is 2.26. The summed E-state index contributed by atoms with van der Waals surface area (Å²) < 4.78 is 11.4. The van der Waals surface area contributed by atoms with Crippen molar-refractivity contribution in [1.82, 2.24) is 5.43 Å². The van der Waals surface area contributed by atoms with Crippen molar-refractivity contribution >= 4 is 15.9 Å². The molecule has 0 bridgehead atoms. The van der Waals surface area contributed by atoms with Crippen molar-refractivity contribution in [2.45, 2.75) is 25.3 Å². The van der Waals surface area contributed by atoms with Crippen LogP contribution in [0.25, 0.3) is 0 Å². The topological polar surface area (TPSA) is 56.5 Å². The Labute approximate surface area is 117 Å². The van der Waals surface area contributed by atoms with Gasteiger partial charge in [-0.25, -0.2) is 0 Å². The van der Waals surface area contributed by atoms with Gasteiger partial charge in [-0.3, -0.25) is 11.3 Å². The number of methoxy groups -OCH3 is 2. The normalized spacial score (nSPS) is 12.4. The molecule has 0 saturated carbocycles. The van der Waals surface area contributed by atoms with Crippen LogP contribution in [0.4, 0.5) is 0 Å². The van der Waals surface area contributed by atoms with Gasteiger partial charge in [0.15, 0.2) is 0 Å². The lowest BCUT2D eigenvalue weighted by molar-refractivity contribution is 0.188. The average molecular weight is 317 g/mol. The van der Waals surface area contributed by atoms with Gasteiger partial charge >= 0.3 is 0 Å².